The molecular formula is C17H17ClN2OS. The number of carbonyl (C=O) groups is 1. The molecule has 1 aromatic heterocycles. The third-order valence-corrected chi connectivity index (χ3v) is 4.81. The van der Waals surface area contributed by atoms with Crippen molar-refractivity contribution in [3.05, 3.63) is 57.8 Å². The molecule has 0 unspecified atom stereocenters. The Morgan fingerprint density at radius 2 is 1.82 bits per heavy atom. The number of hydrogen-bond donors (Lipinski definition) is 0. The average molecular weight is 333 g/mol. The van der Waals surface area contributed by atoms with Crippen LogP contribution in [0.15, 0.2) is 47.9 Å². The van der Waals surface area contributed by atoms with Crippen LogP contribution in [0.4, 0.5) is 5.69 Å². The topological polar surface area (TPSA) is 23.6 Å². The number of hydrogen-bond acceptors (Lipinski definition) is 3. The number of carbonyl (C=O) groups excluding carboxylic acids is 1. The number of benzene rings is 1. The number of thiophene rings is 1. The predicted octanol–water partition coefficient (Wildman–Crippen LogP) is 3.76. The zero-order valence-corrected chi connectivity index (χ0v) is 13.7. The van der Waals surface area contributed by atoms with E-state index < -0.39 is 0 Å². The van der Waals surface area contributed by atoms with E-state index in [9.17, 15) is 4.79 Å². The molecule has 1 saturated heterocycles. The minimum atomic E-state index is 0.0872. The third kappa shape index (κ3) is 3.70. The Kier molecular flexibility index (Phi) is 4.80. The largest absolute Gasteiger partial charge is 0.368 e. The molecule has 1 aromatic carbocycles. The highest BCUT2D eigenvalue weighted by molar-refractivity contribution is 7.10. The van der Waals surface area contributed by atoms with E-state index >= 15 is 0 Å². The molecule has 3 nitrogen and oxygen atoms in total. The highest BCUT2D eigenvalue weighted by Gasteiger charge is 2.19. The van der Waals surface area contributed by atoms with E-state index in [0.717, 1.165) is 41.8 Å². The molecule has 5 heteroatoms. The van der Waals surface area contributed by atoms with Crippen LogP contribution in [0.25, 0.3) is 6.08 Å². The SMILES string of the molecule is O=C(/C=C/c1cccs1)N1CCN(c2ccc(Cl)cc2)CC1. The first-order valence-corrected chi connectivity index (χ1v) is 8.49. The van der Waals surface area contributed by atoms with Gasteiger partial charge < -0.3 is 9.80 Å². The van der Waals surface area contributed by atoms with Gasteiger partial charge in [0.15, 0.2) is 0 Å². The van der Waals surface area contributed by atoms with Gasteiger partial charge >= 0.3 is 0 Å². The fourth-order valence-electron chi connectivity index (χ4n) is 2.48. The van der Waals surface area contributed by atoms with Crippen molar-refractivity contribution in [1.82, 2.24) is 4.90 Å². The van der Waals surface area contributed by atoms with Gasteiger partial charge in [-0.2, -0.15) is 0 Å². The van der Waals surface area contributed by atoms with Crippen LogP contribution in [0.5, 0.6) is 0 Å². The van der Waals surface area contributed by atoms with Crippen molar-refractivity contribution in [3.63, 3.8) is 0 Å². The van der Waals surface area contributed by atoms with Crippen LogP contribution in [0.2, 0.25) is 5.02 Å². The van der Waals surface area contributed by atoms with Gasteiger partial charge in [-0.3, -0.25) is 4.79 Å². The lowest BCUT2D eigenvalue weighted by Crippen LogP contribution is -2.48. The molecule has 3 rings (SSSR count). The van der Waals surface area contributed by atoms with Crippen LogP contribution >= 0.6 is 22.9 Å². The second-order valence-corrected chi connectivity index (χ2v) is 6.55. The van der Waals surface area contributed by atoms with Gasteiger partial charge in [-0.25, -0.2) is 0 Å². The Bertz CT molecular complexity index is 644. The summed E-state index contributed by atoms with van der Waals surface area (Å²) in [4.78, 5) is 17.5. The molecule has 22 heavy (non-hydrogen) atoms. The minimum absolute atomic E-state index is 0.0872. The summed E-state index contributed by atoms with van der Waals surface area (Å²) in [6.07, 6.45) is 3.56. The lowest BCUT2D eigenvalue weighted by Gasteiger charge is -2.35. The van der Waals surface area contributed by atoms with Gasteiger partial charge in [0.05, 0.1) is 0 Å². The van der Waals surface area contributed by atoms with Gasteiger partial charge in [0.1, 0.15) is 0 Å². The highest BCUT2D eigenvalue weighted by Crippen LogP contribution is 2.19. The quantitative estimate of drug-likeness (QED) is 0.799. The molecule has 0 saturated carbocycles. The molecule has 1 fully saturated rings. The number of nitrogens with zero attached hydrogens (tertiary/aromatic N) is 2. The summed E-state index contributed by atoms with van der Waals surface area (Å²) < 4.78 is 0. The number of rotatable bonds is 3. The predicted molar refractivity (Wildman–Crippen MR) is 93.6 cm³/mol. The van der Waals surface area contributed by atoms with Crippen LogP contribution < -0.4 is 4.90 Å². The first-order chi connectivity index (χ1) is 10.7. The minimum Gasteiger partial charge on any atom is -0.368 e. The molecule has 2 heterocycles. The van der Waals surface area contributed by atoms with E-state index in [2.05, 4.69) is 4.90 Å². The lowest BCUT2D eigenvalue weighted by atomic mass is 10.2. The Morgan fingerprint density at radius 3 is 2.45 bits per heavy atom. The fourth-order valence-corrected chi connectivity index (χ4v) is 3.23. The summed E-state index contributed by atoms with van der Waals surface area (Å²) in [6.45, 7) is 3.19. The summed E-state index contributed by atoms with van der Waals surface area (Å²) in [7, 11) is 0. The van der Waals surface area contributed by atoms with Crippen molar-refractivity contribution in [2.45, 2.75) is 0 Å². The van der Waals surface area contributed by atoms with Gasteiger partial charge in [0.25, 0.3) is 0 Å². The Labute approximate surface area is 139 Å². The average Bonchev–Trinajstić information content (AvgIpc) is 3.07. The molecule has 0 radical (unpaired) electrons. The summed E-state index contributed by atoms with van der Waals surface area (Å²) in [5.41, 5.74) is 1.16. The van der Waals surface area contributed by atoms with E-state index in [4.69, 9.17) is 11.6 Å². The van der Waals surface area contributed by atoms with Gasteiger partial charge in [-0.15, -0.1) is 11.3 Å². The third-order valence-electron chi connectivity index (χ3n) is 3.72. The normalized spacial score (nSPS) is 15.5. The van der Waals surface area contributed by atoms with Crippen molar-refractivity contribution < 1.29 is 4.79 Å². The molecule has 2 aromatic rings. The molecule has 0 aliphatic carbocycles. The Hall–Kier alpha value is -1.78. The number of piperazine rings is 1. The number of amides is 1. The fraction of sp³-hybridized carbons (Fsp3) is 0.235. The van der Waals surface area contributed by atoms with Crippen LogP contribution in [0.3, 0.4) is 0 Å². The van der Waals surface area contributed by atoms with Gasteiger partial charge in [-0.1, -0.05) is 17.7 Å². The zero-order valence-electron chi connectivity index (χ0n) is 12.1. The monoisotopic (exact) mass is 332 g/mol. The molecule has 1 aliphatic heterocycles. The second-order valence-electron chi connectivity index (χ2n) is 5.14. The van der Waals surface area contributed by atoms with Crippen LogP contribution in [0.1, 0.15) is 4.88 Å². The van der Waals surface area contributed by atoms with Gasteiger partial charge in [0, 0.05) is 47.8 Å². The number of anilines is 1. The van der Waals surface area contributed by atoms with Crippen molar-refractivity contribution in [3.8, 4) is 0 Å². The van der Waals surface area contributed by atoms with E-state index in [1.165, 1.54) is 0 Å². The maximum absolute atomic E-state index is 12.2. The maximum atomic E-state index is 12.2. The maximum Gasteiger partial charge on any atom is 0.246 e. The molecule has 0 spiro atoms. The number of halogens is 1. The van der Waals surface area contributed by atoms with Crippen molar-refractivity contribution in [1.29, 1.82) is 0 Å². The zero-order chi connectivity index (χ0) is 15.4. The second kappa shape index (κ2) is 6.99. The summed E-state index contributed by atoms with van der Waals surface area (Å²) >= 11 is 7.55. The van der Waals surface area contributed by atoms with Crippen LogP contribution in [-0.4, -0.2) is 37.0 Å². The van der Waals surface area contributed by atoms with Crippen molar-refractivity contribution >= 4 is 40.6 Å². The van der Waals surface area contributed by atoms with Crippen molar-refractivity contribution in [2.24, 2.45) is 0 Å². The smallest absolute Gasteiger partial charge is 0.246 e. The molecule has 1 aliphatic rings. The van der Waals surface area contributed by atoms with Gasteiger partial charge in [0.2, 0.25) is 5.91 Å². The summed E-state index contributed by atoms with van der Waals surface area (Å²) in [5, 5.41) is 2.76. The molecule has 0 atom stereocenters. The van der Waals surface area contributed by atoms with E-state index in [0.29, 0.717) is 0 Å². The molecular weight excluding hydrogens is 316 g/mol. The van der Waals surface area contributed by atoms with E-state index in [1.807, 2.05) is 52.8 Å². The van der Waals surface area contributed by atoms with Crippen molar-refractivity contribution in [2.75, 3.05) is 31.1 Å². The van der Waals surface area contributed by atoms with Gasteiger partial charge in [-0.05, 0) is 41.8 Å². The van der Waals surface area contributed by atoms with Crippen LogP contribution in [0, 0.1) is 0 Å². The Morgan fingerprint density at radius 1 is 1.09 bits per heavy atom. The van der Waals surface area contributed by atoms with E-state index in [-0.39, 0.29) is 5.91 Å². The summed E-state index contributed by atoms with van der Waals surface area (Å²) in [5.74, 6) is 0.0872. The molecule has 1 amide bonds. The molecule has 0 bridgehead atoms. The summed E-state index contributed by atoms with van der Waals surface area (Å²) in [6, 6.07) is 11.8. The Balaban J connectivity index is 1.55. The highest BCUT2D eigenvalue weighted by atomic mass is 35.5. The standard InChI is InChI=1S/C17H17ClN2OS/c18-14-3-5-15(6-4-14)19-9-11-20(12-10-19)17(21)8-7-16-2-1-13-22-16/h1-8,13H,9-12H2/b8-7+. The first-order valence-electron chi connectivity index (χ1n) is 7.23. The molecule has 114 valence electrons. The van der Waals surface area contributed by atoms with Crippen LogP contribution in [-0.2, 0) is 4.79 Å². The molecule has 0 N–H and O–H groups in total. The lowest BCUT2D eigenvalue weighted by molar-refractivity contribution is -0.126. The first kappa shape index (κ1) is 15.1. The van der Waals surface area contributed by atoms with E-state index in [1.54, 1.807) is 17.4 Å².